The molecule has 1 N–H and O–H groups in total. The van der Waals surface area contributed by atoms with E-state index in [9.17, 15) is 0 Å². The number of benzene rings is 1. The smallest absolute Gasteiger partial charge is 0.319 e. The number of aryl methyl sites for hydroxylation is 2. The molecule has 1 aromatic carbocycles. The molecule has 2 aromatic rings. The molecule has 70 valence electrons. The van der Waals surface area contributed by atoms with Crippen molar-refractivity contribution < 1.29 is 0 Å². The lowest BCUT2D eigenvalue weighted by Gasteiger charge is -1.97. The molecule has 0 aliphatic rings. The molecule has 0 fully saturated rings. The average molecular weight is 186 g/mol. The van der Waals surface area contributed by atoms with E-state index >= 15 is 0 Å². The van der Waals surface area contributed by atoms with Gasteiger partial charge in [-0.25, -0.2) is 4.98 Å². The highest BCUT2D eigenvalue weighted by Gasteiger charge is 2.06. The van der Waals surface area contributed by atoms with Gasteiger partial charge in [0.1, 0.15) is 0 Å². The Morgan fingerprint density at radius 3 is 2.79 bits per heavy atom. The van der Waals surface area contributed by atoms with Crippen molar-refractivity contribution in [3.05, 3.63) is 33.9 Å². The number of nitrogens with zero attached hydrogens (tertiary/aromatic N) is 2. The first-order chi connectivity index (χ1) is 6.70. The highest BCUT2D eigenvalue weighted by atomic mass is 14.9. The van der Waals surface area contributed by atoms with Gasteiger partial charge in [-0.1, -0.05) is 4.85 Å². The van der Waals surface area contributed by atoms with Crippen LogP contribution in [0, 0.1) is 20.4 Å². The van der Waals surface area contributed by atoms with Crippen LogP contribution in [0.3, 0.4) is 0 Å². The van der Waals surface area contributed by atoms with E-state index in [-0.39, 0.29) is 0 Å². The first kappa shape index (κ1) is 8.76. The standard InChI is InChI=1S/C11H12N3/c1-7-4-9-10(5-8(7)2)14-11(13-9)6-12-3/h3-5H,6H2,1-2H3,(H,13,14)/q+1. The maximum absolute atomic E-state index is 5.11. The largest absolute Gasteiger partial charge is 0.336 e. The molecule has 0 atom stereocenters. The quantitative estimate of drug-likeness (QED) is 0.729. The zero-order chi connectivity index (χ0) is 10.1. The molecule has 0 saturated carbocycles. The molecule has 0 aliphatic heterocycles. The van der Waals surface area contributed by atoms with Crippen molar-refractivity contribution in [1.29, 1.82) is 0 Å². The van der Waals surface area contributed by atoms with Gasteiger partial charge in [0.15, 0.2) is 5.82 Å². The van der Waals surface area contributed by atoms with Crippen LogP contribution in [-0.2, 0) is 6.54 Å². The van der Waals surface area contributed by atoms with Crippen LogP contribution in [-0.4, -0.2) is 9.97 Å². The number of imidazole rings is 1. The van der Waals surface area contributed by atoms with Gasteiger partial charge in [-0.05, 0) is 37.1 Å². The number of nitrogens with one attached hydrogen (secondary N) is 1. The fraction of sp³-hybridized carbons (Fsp3) is 0.273. The molecule has 3 nitrogen and oxygen atoms in total. The number of H-pyrrole nitrogens is 1. The summed E-state index contributed by atoms with van der Waals surface area (Å²) in [6, 6.07) is 4.17. The van der Waals surface area contributed by atoms with Gasteiger partial charge in [-0.3, -0.25) is 0 Å². The van der Waals surface area contributed by atoms with Crippen LogP contribution in [0.5, 0.6) is 0 Å². The van der Waals surface area contributed by atoms with E-state index in [4.69, 9.17) is 6.57 Å². The topological polar surface area (TPSA) is 33.0 Å². The van der Waals surface area contributed by atoms with Crippen molar-refractivity contribution in [1.82, 2.24) is 9.97 Å². The highest BCUT2D eigenvalue weighted by Crippen LogP contribution is 2.17. The Labute approximate surface area is 82.6 Å². The van der Waals surface area contributed by atoms with E-state index in [1.807, 2.05) is 0 Å². The van der Waals surface area contributed by atoms with Crippen molar-refractivity contribution >= 4 is 11.0 Å². The lowest BCUT2D eigenvalue weighted by atomic mass is 10.1. The van der Waals surface area contributed by atoms with Gasteiger partial charge in [-0.2, -0.15) is 0 Å². The lowest BCUT2D eigenvalue weighted by molar-refractivity contribution is 1.07. The van der Waals surface area contributed by atoms with Crippen molar-refractivity contribution in [3.63, 3.8) is 0 Å². The molecular weight excluding hydrogens is 174 g/mol. The van der Waals surface area contributed by atoms with Crippen LogP contribution >= 0.6 is 0 Å². The third kappa shape index (κ3) is 1.35. The summed E-state index contributed by atoms with van der Waals surface area (Å²) in [7, 11) is 0. The second kappa shape index (κ2) is 3.15. The summed E-state index contributed by atoms with van der Waals surface area (Å²) < 4.78 is 0. The Hall–Kier alpha value is -1.82. The number of aromatic nitrogens is 2. The summed E-state index contributed by atoms with van der Waals surface area (Å²) in [4.78, 5) is 11.1. The van der Waals surface area contributed by atoms with E-state index in [0.717, 1.165) is 16.9 Å². The fourth-order valence-corrected chi connectivity index (χ4v) is 1.48. The summed E-state index contributed by atoms with van der Waals surface area (Å²) in [5, 5.41) is 0. The molecule has 1 aromatic heterocycles. The molecule has 0 aliphatic carbocycles. The Kier molecular flexibility index (Phi) is 1.97. The first-order valence-electron chi connectivity index (χ1n) is 4.53. The fourth-order valence-electron chi connectivity index (χ4n) is 1.48. The predicted octanol–water partition coefficient (Wildman–Crippen LogP) is 2.64. The molecule has 0 unspecified atom stereocenters. The summed E-state index contributed by atoms with van der Waals surface area (Å²) in [6.45, 7) is 9.71. The molecular formula is C11H12N3+. The third-order valence-corrected chi connectivity index (χ3v) is 2.39. The molecule has 0 spiro atoms. The average Bonchev–Trinajstić information content (AvgIpc) is 2.48. The van der Waals surface area contributed by atoms with Crippen LogP contribution in [0.2, 0.25) is 0 Å². The second-order valence-corrected chi connectivity index (χ2v) is 3.48. The molecule has 14 heavy (non-hydrogen) atoms. The minimum absolute atomic E-state index is 0.437. The molecule has 3 heteroatoms. The number of rotatable bonds is 1. The number of fused-ring (bicyclic) bond motifs is 1. The van der Waals surface area contributed by atoms with Crippen molar-refractivity contribution in [2.75, 3.05) is 0 Å². The lowest BCUT2D eigenvalue weighted by Crippen LogP contribution is -1.79. The molecule has 0 radical (unpaired) electrons. The van der Waals surface area contributed by atoms with Crippen LogP contribution in [0.25, 0.3) is 15.9 Å². The van der Waals surface area contributed by atoms with E-state index in [1.165, 1.54) is 11.1 Å². The summed E-state index contributed by atoms with van der Waals surface area (Å²) >= 11 is 0. The van der Waals surface area contributed by atoms with Crippen LogP contribution in [0.15, 0.2) is 12.1 Å². The van der Waals surface area contributed by atoms with Crippen LogP contribution < -0.4 is 0 Å². The predicted molar refractivity (Wildman–Crippen MR) is 57.6 cm³/mol. The van der Waals surface area contributed by atoms with Gasteiger partial charge < -0.3 is 4.98 Å². The molecule has 0 bridgehead atoms. The van der Waals surface area contributed by atoms with Gasteiger partial charge in [0.2, 0.25) is 0 Å². The monoisotopic (exact) mass is 186 g/mol. The Bertz CT molecular complexity index is 478. The van der Waals surface area contributed by atoms with E-state index in [1.54, 1.807) is 0 Å². The maximum atomic E-state index is 5.11. The second-order valence-electron chi connectivity index (χ2n) is 3.48. The minimum Gasteiger partial charge on any atom is -0.336 e. The maximum Gasteiger partial charge on any atom is 0.319 e. The van der Waals surface area contributed by atoms with E-state index in [0.29, 0.717) is 6.54 Å². The van der Waals surface area contributed by atoms with Crippen molar-refractivity contribution in [3.8, 4) is 6.57 Å². The van der Waals surface area contributed by atoms with Gasteiger partial charge in [-0.15, -0.1) is 0 Å². The van der Waals surface area contributed by atoms with Crippen molar-refractivity contribution in [2.45, 2.75) is 20.4 Å². The molecule has 2 rings (SSSR count). The zero-order valence-electron chi connectivity index (χ0n) is 8.33. The Morgan fingerprint density at radius 2 is 2.07 bits per heavy atom. The highest BCUT2D eigenvalue weighted by molar-refractivity contribution is 5.77. The molecule has 1 heterocycles. The van der Waals surface area contributed by atoms with Gasteiger partial charge in [0.05, 0.1) is 11.0 Å². The first-order valence-corrected chi connectivity index (χ1v) is 4.53. The number of hydrogen-bond donors (Lipinski definition) is 1. The zero-order valence-corrected chi connectivity index (χ0v) is 8.33. The van der Waals surface area contributed by atoms with Gasteiger partial charge in [0.25, 0.3) is 6.57 Å². The minimum atomic E-state index is 0.437. The van der Waals surface area contributed by atoms with Crippen LogP contribution in [0.1, 0.15) is 17.0 Å². The van der Waals surface area contributed by atoms with E-state index < -0.39 is 0 Å². The summed E-state index contributed by atoms with van der Waals surface area (Å²) in [5.41, 5.74) is 4.54. The van der Waals surface area contributed by atoms with E-state index in [2.05, 4.69) is 40.8 Å². The number of aromatic amines is 1. The summed E-state index contributed by atoms with van der Waals surface area (Å²) in [6.07, 6.45) is 0. The number of hydrogen-bond acceptors (Lipinski definition) is 1. The Balaban J connectivity index is 2.61. The normalized spacial score (nSPS) is 10.4. The molecule has 0 amide bonds. The van der Waals surface area contributed by atoms with Gasteiger partial charge >= 0.3 is 6.54 Å². The molecule has 0 saturated heterocycles. The summed E-state index contributed by atoms with van der Waals surface area (Å²) in [5.74, 6) is 0.812. The van der Waals surface area contributed by atoms with Crippen molar-refractivity contribution in [2.24, 2.45) is 0 Å². The SMILES string of the molecule is C#[N+]Cc1nc2cc(C)c(C)cc2[nH]1. The Morgan fingerprint density at radius 1 is 1.36 bits per heavy atom. The van der Waals surface area contributed by atoms with Crippen LogP contribution in [0.4, 0.5) is 0 Å². The third-order valence-electron chi connectivity index (χ3n) is 2.39. The van der Waals surface area contributed by atoms with Gasteiger partial charge in [0, 0.05) is 0 Å².